The SMILES string of the molecule is CON=Cc1cn2c3c(cccc13)C(=O)NCC2. The fourth-order valence-electron chi connectivity index (χ4n) is 2.34. The lowest BCUT2D eigenvalue weighted by Crippen LogP contribution is -2.24. The van der Waals surface area contributed by atoms with E-state index in [2.05, 4.69) is 15.0 Å². The highest BCUT2D eigenvalue weighted by atomic mass is 16.6. The number of carbonyl (C=O) groups is 1. The van der Waals surface area contributed by atoms with Gasteiger partial charge in [0.25, 0.3) is 5.91 Å². The first-order valence-corrected chi connectivity index (χ1v) is 5.78. The molecule has 0 aliphatic carbocycles. The molecule has 1 aliphatic rings. The van der Waals surface area contributed by atoms with Crippen LogP contribution < -0.4 is 5.32 Å². The molecular formula is C13H13N3O2. The molecule has 3 rings (SSSR count). The minimum absolute atomic E-state index is 0.0207. The summed E-state index contributed by atoms with van der Waals surface area (Å²) in [6.07, 6.45) is 3.67. The van der Waals surface area contributed by atoms with Crippen molar-refractivity contribution >= 4 is 23.0 Å². The van der Waals surface area contributed by atoms with E-state index in [0.717, 1.165) is 23.0 Å². The van der Waals surface area contributed by atoms with Gasteiger partial charge in [0, 0.05) is 30.2 Å². The van der Waals surface area contributed by atoms with E-state index in [1.165, 1.54) is 7.11 Å². The summed E-state index contributed by atoms with van der Waals surface area (Å²) < 4.78 is 2.08. The second-order valence-electron chi connectivity index (χ2n) is 4.15. The Morgan fingerprint density at radius 1 is 1.50 bits per heavy atom. The molecule has 0 atom stereocenters. The number of amides is 1. The van der Waals surface area contributed by atoms with Crippen LogP contribution in [-0.4, -0.2) is 30.3 Å². The lowest BCUT2D eigenvalue weighted by Gasteiger charge is -2.01. The Morgan fingerprint density at radius 3 is 3.22 bits per heavy atom. The van der Waals surface area contributed by atoms with E-state index in [1.807, 2.05) is 24.4 Å². The van der Waals surface area contributed by atoms with E-state index in [4.69, 9.17) is 4.84 Å². The van der Waals surface area contributed by atoms with Gasteiger partial charge in [0.05, 0.1) is 17.3 Å². The van der Waals surface area contributed by atoms with Gasteiger partial charge in [0.1, 0.15) is 7.11 Å². The lowest BCUT2D eigenvalue weighted by molar-refractivity contribution is 0.0956. The molecular weight excluding hydrogens is 230 g/mol. The van der Waals surface area contributed by atoms with Crippen molar-refractivity contribution in [2.24, 2.45) is 5.16 Å². The molecule has 0 unspecified atom stereocenters. The first-order chi connectivity index (χ1) is 8.81. The highest BCUT2D eigenvalue weighted by molar-refractivity contribution is 6.10. The van der Waals surface area contributed by atoms with Gasteiger partial charge in [-0.05, 0) is 6.07 Å². The zero-order valence-corrected chi connectivity index (χ0v) is 10.0. The van der Waals surface area contributed by atoms with Crippen LogP contribution >= 0.6 is 0 Å². The highest BCUT2D eigenvalue weighted by Gasteiger charge is 2.18. The van der Waals surface area contributed by atoms with Gasteiger partial charge in [0.2, 0.25) is 0 Å². The smallest absolute Gasteiger partial charge is 0.253 e. The summed E-state index contributed by atoms with van der Waals surface area (Å²) in [6, 6.07) is 5.72. The van der Waals surface area contributed by atoms with E-state index >= 15 is 0 Å². The monoisotopic (exact) mass is 243 g/mol. The number of nitrogens with zero attached hydrogens (tertiary/aromatic N) is 2. The number of carbonyl (C=O) groups excluding carboxylic acids is 1. The average Bonchev–Trinajstić information content (AvgIpc) is 2.66. The topological polar surface area (TPSA) is 55.6 Å². The van der Waals surface area contributed by atoms with Crippen LogP contribution in [-0.2, 0) is 11.4 Å². The summed E-state index contributed by atoms with van der Waals surface area (Å²) in [7, 11) is 1.51. The molecule has 0 fully saturated rings. The fraction of sp³-hybridized carbons (Fsp3) is 0.231. The van der Waals surface area contributed by atoms with Gasteiger partial charge in [0.15, 0.2) is 0 Å². The van der Waals surface area contributed by atoms with Crippen molar-refractivity contribution in [2.75, 3.05) is 13.7 Å². The van der Waals surface area contributed by atoms with Crippen LogP contribution in [0.25, 0.3) is 10.9 Å². The minimum atomic E-state index is -0.0207. The van der Waals surface area contributed by atoms with Crippen LogP contribution in [0.1, 0.15) is 15.9 Å². The van der Waals surface area contributed by atoms with E-state index in [1.54, 1.807) is 6.21 Å². The summed E-state index contributed by atoms with van der Waals surface area (Å²) in [5.74, 6) is -0.0207. The predicted octanol–water partition coefficient (Wildman–Crippen LogP) is 1.36. The molecule has 92 valence electrons. The van der Waals surface area contributed by atoms with Crippen LogP contribution in [0.15, 0.2) is 29.6 Å². The van der Waals surface area contributed by atoms with Crippen molar-refractivity contribution in [3.05, 3.63) is 35.5 Å². The van der Waals surface area contributed by atoms with Crippen molar-refractivity contribution in [3.8, 4) is 0 Å². The first kappa shape index (κ1) is 10.8. The largest absolute Gasteiger partial charge is 0.399 e. The van der Waals surface area contributed by atoms with Gasteiger partial charge in [-0.15, -0.1) is 0 Å². The Kier molecular flexibility index (Phi) is 2.51. The first-order valence-electron chi connectivity index (χ1n) is 5.78. The van der Waals surface area contributed by atoms with Gasteiger partial charge in [-0.3, -0.25) is 4.79 Å². The van der Waals surface area contributed by atoms with Gasteiger partial charge in [-0.25, -0.2) is 0 Å². The molecule has 1 N–H and O–H groups in total. The van der Waals surface area contributed by atoms with Crippen molar-refractivity contribution in [1.82, 2.24) is 9.88 Å². The van der Waals surface area contributed by atoms with E-state index in [0.29, 0.717) is 12.1 Å². The average molecular weight is 243 g/mol. The molecule has 1 amide bonds. The molecule has 0 saturated heterocycles. The van der Waals surface area contributed by atoms with Crippen LogP contribution in [0.5, 0.6) is 0 Å². The molecule has 18 heavy (non-hydrogen) atoms. The number of aromatic nitrogens is 1. The quantitative estimate of drug-likeness (QED) is 0.639. The van der Waals surface area contributed by atoms with Gasteiger partial charge < -0.3 is 14.7 Å². The summed E-state index contributed by atoms with van der Waals surface area (Å²) in [5, 5.41) is 7.69. The minimum Gasteiger partial charge on any atom is -0.399 e. The third kappa shape index (κ3) is 1.55. The molecule has 2 aromatic rings. The molecule has 1 aliphatic heterocycles. The zero-order chi connectivity index (χ0) is 12.5. The van der Waals surface area contributed by atoms with E-state index in [9.17, 15) is 4.79 Å². The van der Waals surface area contributed by atoms with Gasteiger partial charge in [-0.2, -0.15) is 0 Å². The van der Waals surface area contributed by atoms with Crippen LogP contribution in [0.4, 0.5) is 0 Å². The molecule has 5 heteroatoms. The maximum atomic E-state index is 11.9. The third-order valence-corrected chi connectivity index (χ3v) is 3.11. The molecule has 0 radical (unpaired) electrons. The second-order valence-corrected chi connectivity index (χ2v) is 4.15. The van der Waals surface area contributed by atoms with Crippen molar-refractivity contribution in [1.29, 1.82) is 0 Å². The molecule has 2 heterocycles. The van der Waals surface area contributed by atoms with Crippen molar-refractivity contribution in [2.45, 2.75) is 6.54 Å². The number of hydrogen-bond acceptors (Lipinski definition) is 3. The predicted molar refractivity (Wildman–Crippen MR) is 68.9 cm³/mol. The number of rotatable bonds is 2. The molecule has 5 nitrogen and oxygen atoms in total. The van der Waals surface area contributed by atoms with E-state index < -0.39 is 0 Å². The summed E-state index contributed by atoms with van der Waals surface area (Å²) >= 11 is 0. The van der Waals surface area contributed by atoms with Crippen LogP contribution in [0.3, 0.4) is 0 Å². The third-order valence-electron chi connectivity index (χ3n) is 3.11. The second kappa shape index (κ2) is 4.18. The summed E-state index contributed by atoms with van der Waals surface area (Å²) in [6.45, 7) is 1.40. The molecule has 0 bridgehead atoms. The number of nitrogens with one attached hydrogen (secondary N) is 1. The van der Waals surface area contributed by atoms with Gasteiger partial charge >= 0.3 is 0 Å². The highest BCUT2D eigenvalue weighted by Crippen LogP contribution is 2.25. The number of benzene rings is 1. The fourth-order valence-corrected chi connectivity index (χ4v) is 2.34. The lowest BCUT2D eigenvalue weighted by atomic mass is 10.1. The Hall–Kier alpha value is -2.30. The molecule has 0 saturated carbocycles. The molecule has 1 aromatic heterocycles. The number of oxime groups is 1. The standard InChI is InChI=1S/C13H13N3O2/c1-18-15-7-9-8-16-6-5-14-13(17)11-4-2-3-10(9)12(11)16/h2-4,7-8H,5-6H2,1H3,(H,14,17). The summed E-state index contributed by atoms with van der Waals surface area (Å²) in [5.41, 5.74) is 2.63. The van der Waals surface area contributed by atoms with Gasteiger partial charge in [-0.1, -0.05) is 17.3 Å². The number of para-hydroxylation sites is 1. The summed E-state index contributed by atoms with van der Waals surface area (Å²) in [4.78, 5) is 16.6. The van der Waals surface area contributed by atoms with E-state index in [-0.39, 0.29) is 5.91 Å². The van der Waals surface area contributed by atoms with Crippen molar-refractivity contribution < 1.29 is 9.63 Å². The Labute approximate surface area is 104 Å². The van der Waals surface area contributed by atoms with Crippen LogP contribution in [0.2, 0.25) is 0 Å². The number of hydrogen-bond donors (Lipinski definition) is 1. The zero-order valence-electron chi connectivity index (χ0n) is 10.0. The normalized spacial score (nSPS) is 14.8. The maximum Gasteiger partial charge on any atom is 0.253 e. The Morgan fingerprint density at radius 2 is 2.39 bits per heavy atom. The Bertz CT molecular complexity index is 643. The van der Waals surface area contributed by atoms with Crippen molar-refractivity contribution in [3.63, 3.8) is 0 Å². The maximum absolute atomic E-state index is 11.9. The Balaban J connectivity index is 2.29. The van der Waals surface area contributed by atoms with Crippen LogP contribution in [0, 0.1) is 0 Å². The molecule has 1 aromatic carbocycles. The molecule has 0 spiro atoms.